The Kier molecular flexibility index (Phi) is 4.24. The summed E-state index contributed by atoms with van der Waals surface area (Å²) in [6.07, 6.45) is 10.1. The number of nitriles is 1. The second kappa shape index (κ2) is 6.57. The molecule has 1 N–H and O–H groups in total. The zero-order chi connectivity index (χ0) is 18.1. The Morgan fingerprint density at radius 3 is 2.73 bits per heavy atom. The monoisotopic (exact) mass is 344 g/mol. The van der Waals surface area contributed by atoms with Gasteiger partial charge in [-0.25, -0.2) is 4.98 Å². The molecule has 4 heteroatoms. The second-order valence-corrected chi connectivity index (χ2v) is 7.91. The van der Waals surface area contributed by atoms with Gasteiger partial charge in [0.15, 0.2) is 5.65 Å². The van der Waals surface area contributed by atoms with Crippen LogP contribution in [0.3, 0.4) is 0 Å². The van der Waals surface area contributed by atoms with Crippen LogP contribution in [0, 0.1) is 11.3 Å². The highest BCUT2D eigenvalue weighted by atomic mass is 15.1. The molecular formula is C22H24N4. The van der Waals surface area contributed by atoms with Crippen LogP contribution in [0.25, 0.3) is 22.2 Å². The molecule has 0 unspecified atom stereocenters. The Morgan fingerprint density at radius 2 is 1.96 bits per heavy atom. The van der Waals surface area contributed by atoms with Gasteiger partial charge in [-0.1, -0.05) is 31.4 Å². The predicted octanol–water partition coefficient (Wildman–Crippen LogP) is 5.47. The second-order valence-electron chi connectivity index (χ2n) is 7.91. The molecule has 2 heterocycles. The van der Waals surface area contributed by atoms with Crippen LogP contribution in [-0.4, -0.2) is 15.2 Å². The first-order chi connectivity index (χ1) is 12.6. The van der Waals surface area contributed by atoms with Crippen LogP contribution in [0.5, 0.6) is 0 Å². The number of hydrogen-bond acceptors (Lipinski definition) is 3. The summed E-state index contributed by atoms with van der Waals surface area (Å²) >= 11 is 0. The Morgan fingerprint density at radius 1 is 1.15 bits per heavy atom. The van der Waals surface area contributed by atoms with Crippen molar-refractivity contribution in [2.45, 2.75) is 57.3 Å². The molecule has 3 aromatic rings. The SMILES string of the molecule is CC(C)(C#N)c1cc(-c2ccnc3[nH]ncc23)cc(C2CCCCC2)c1. The van der Waals surface area contributed by atoms with E-state index in [1.54, 1.807) is 0 Å². The Labute approximate surface area is 154 Å². The van der Waals surface area contributed by atoms with Crippen LogP contribution in [-0.2, 0) is 5.41 Å². The molecule has 1 aliphatic carbocycles. The van der Waals surface area contributed by atoms with Crippen molar-refractivity contribution in [1.29, 1.82) is 5.26 Å². The maximum absolute atomic E-state index is 9.67. The molecule has 0 saturated heterocycles. The molecule has 132 valence electrons. The summed E-state index contributed by atoms with van der Waals surface area (Å²) in [7, 11) is 0. The Hall–Kier alpha value is -2.67. The molecule has 2 aromatic heterocycles. The van der Waals surface area contributed by atoms with Gasteiger partial charge < -0.3 is 0 Å². The summed E-state index contributed by atoms with van der Waals surface area (Å²) in [6.45, 7) is 3.99. The van der Waals surface area contributed by atoms with E-state index in [1.165, 1.54) is 37.7 Å². The van der Waals surface area contributed by atoms with Crippen molar-refractivity contribution >= 4 is 11.0 Å². The number of nitrogens with one attached hydrogen (secondary N) is 1. The maximum Gasteiger partial charge on any atom is 0.155 e. The zero-order valence-electron chi connectivity index (χ0n) is 15.4. The standard InChI is InChI=1S/C22H24N4/c1-22(2,14-23)18-11-16(15-6-4-3-5-7-15)10-17(12-18)19-8-9-24-21-20(19)13-25-26-21/h8-13,15H,3-7H2,1-2H3,(H,24,25,26). The average molecular weight is 344 g/mol. The fourth-order valence-corrected chi connectivity index (χ4v) is 4.01. The third-order valence-corrected chi connectivity index (χ3v) is 5.70. The van der Waals surface area contributed by atoms with Crippen molar-refractivity contribution < 1.29 is 0 Å². The molecule has 1 saturated carbocycles. The van der Waals surface area contributed by atoms with E-state index in [2.05, 4.69) is 39.4 Å². The van der Waals surface area contributed by atoms with Crippen molar-refractivity contribution in [1.82, 2.24) is 15.2 Å². The third kappa shape index (κ3) is 2.99. The number of pyridine rings is 1. The molecule has 1 aromatic carbocycles. The van der Waals surface area contributed by atoms with E-state index in [1.807, 2.05) is 32.3 Å². The number of H-pyrrole nitrogens is 1. The van der Waals surface area contributed by atoms with E-state index in [-0.39, 0.29) is 0 Å². The lowest BCUT2D eigenvalue weighted by Crippen LogP contribution is -2.15. The fourth-order valence-electron chi connectivity index (χ4n) is 4.01. The molecule has 4 rings (SSSR count). The number of benzene rings is 1. The first kappa shape index (κ1) is 16.8. The average Bonchev–Trinajstić information content (AvgIpc) is 3.17. The van der Waals surface area contributed by atoms with Gasteiger partial charge in [0.05, 0.1) is 17.7 Å². The van der Waals surface area contributed by atoms with Crippen LogP contribution in [0.2, 0.25) is 0 Å². The largest absolute Gasteiger partial charge is 0.261 e. The zero-order valence-corrected chi connectivity index (χ0v) is 15.4. The van der Waals surface area contributed by atoms with Crippen LogP contribution in [0.15, 0.2) is 36.7 Å². The minimum atomic E-state index is -0.512. The van der Waals surface area contributed by atoms with E-state index in [0.717, 1.165) is 27.7 Å². The fraction of sp³-hybridized carbons (Fsp3) is 0.409. The van der Waals surface area contributed by atoms with Crippen LogP contribution in [0.4, 0.5) is 0 Å². The molecule has 1 aliphatic rings. The number of hydrogen-bond donors (Lipinski definition) is 1. The summed E-state index contributed by atoms with van der Waals surface area (Å²) in [5, 5.41) is 17.8. The van der Waals surface area contributed by atoms with Gasteiger partial charge in [-0.2, -0.15) is 10.4 Å². The molecule has 0 spiro atoms. The highest BCUT2D eigenvalue weighted by molar-refractivity contribution is 5.92. The lowest BCUT2D eigenvalue weighted by Gasteiger charge is -2.25. The van der Waals surface area contributed by atoms with E-state index < -0.39 is 5.41 Å². The van der Waals surface area contributed by atoms with Gasteiger partial charge in [-0.05, 0) is 67.0 Å². The first-order valence-corrected chi connectivity index (χ1v) is 9.44. The Balaban J connectivity index is 1.89. The molecule has 0 aliphatic heterocycles. The van der Waals surface area contributed by atoms with Crippen LogP contribution >= 0.6 is 0 Å². The van der Waals surface area contributed by atoms with E-state index in [4.69, 9.17) is 0 Å². The van der Waals surface area contributed by atoms with Crippen LogP contribution in [0.1, 0.15) is 63.0 Å². The molecule has 0 bridgehead atoms. The van der Waals surface area contributed by atoms with Crippen LogP contribution < -0.4 is 0 Å². The molecule has 26 heavy (non-hydrogen) atoms. The number of fused-ring (bicyclic) bond motifs is 1. The van der Waals surface area contributed by atoms with Gasteiger partial charge in [-0.15, -0.1) is 0 Å². The topological polar surface area (TPSA) is 65.4 Å². The van der Waals surface area contributed by atoms with Gasteiger partial charge in [-0.3, -0.25) is 5.10 Å². The summed E-state index contributed by atoms with van der Waals surface area (Å²) in [4.78, 5) is 4.36. The lowest BCUT2D eigenvalue weighted by molar-refractivity contribution is 0.443. The molecule has 0 atom stereocenters. The lowest BCUT2D eigenvalue weighted by atomic mass is 9.78. The number of rotatable bonds is 3. The minimum Gasteiger partial charge on any atom is -0.261 e. The molecule has 0 radical (unpaired) electrons. The first-order valence-electron chi connectivity index (χ1n) is 9.44. The van der Waals surface area contributed by atoms with Gasteiger partial charge in [0.1, 0.15) is 0 Å². The molecule has 0 amide bonds. The van der Waals surface area contributed by atoms with E-state index >= 15 is 0 Å². The van der Waals surface area contributed by atoms with Gasteiger partial charge in [0, 0.05) is 11.6 Å². The van der Waals surface area contributed by atoms with Gasteiger partial charge in [0.25, 0.3) is 0 Å². The molecule has 1 fully saturated rings. The normalized spacial score (nSPS) is 15.9. The maximum atomic E-state index is 9.67. The van der Waals surface area contributed by atoms with Crippen molar-refractivity contribution in [2.24, 2.45) is 0 Å². The smallest absolute Gasteiger partial charge is 0.155 e. The highest BCUT2D eigenvalue weighted by Crippen LogP contribution is 2.38. The minimum absolute atomic E-state index is 0.512. The summed E-state index contributed by atoms with van der Waals surface area (Å²) < 4.78 is 0. The van der Waals surface area contributed by atoms with Crippen molar-refractivity contribution in [3.63, 3.8) is 0 Å². The number of nitrogens with zero attached hydrogens (tertiary/aromatic N) is 3. The highest BCUT2D eigenvalue weighted by Gasteiger charge is 2.24. The predicted molar refractivity (Wildman–Crippen MR) is 104 cm³/mol. The Bertz CT molecular complexity index is 971. The van der Waals surface area contributed by atoms with Gasteiger partial charge in [0.2, 0.25) is 0 Å². The van der Waals surface area contributed by atoms with Crippen molar-refractivity contribution in [3.05, 3.63) is 47.8 Å². The van der Waals surface area contributed by atoms with Crippen molar-refractivity contribution in [3.8, 4) is 17.2 Å². The van der Waals surface area contributed by atoms with Crippen molar-refractivity contribution in [2.75, 3.05) is 0 Å². The number of aromatic amines is 1. The third-order valence-electron chi connectivity index (χ3n) is 5.70. The van der Waals surface area contributed by atoms with E-state index in [9.17, 15) is 5.26 Å². The summed E-state index contributed by atoms with van der Waals surface area (Å²) in [5.41, 5.74) is 5.02. The molecule has 4 nitrogen and oxygen atoms in total. The number of aromatic nitrogens is 3. The summed E-state index contributed by atoms with van der Waals surface area (Å²) in [6, 6.07) is 11.2. The quantitative estimate of drug-likeness (QED) is 0.685. The van der Waals surface area contributed by atoms with Gasteiger partial charge >= 0.3 is 0 Å². The molecular weight excluding hydrogens is 320 g/mol. The summed E-state index contributed by atoms with van der Waals surface area (Å²) in [5.74, 6) is 0.596. The van der Waals surface area contributed by atoms with E-state index in [0.29, 0.717) is 5.92 Å².